The third-order valence-corrected chi connectivity index (χ3v) is 3.43. The van der Waals surface area contributed by atoms with Crippen LogP contribution in [0.2, 0.25) is 0 Å². The molecule has 1 aliphatic rings. The Morgan fingerprint density at radius 1 is 1.27 bits per heavy atom. The average Bonchev–Trinajstić information content (AvgIpc) is 2.52. The summed E-state index contributed by atoms with van der Waals surface area (Å²) in [4.78, 5) is 17.8. The molecule has 110 valence electrons. The van der Waals surface area contributed by atoms with Crippen LogP contribution < -0.4 is 9.64 Å². The minimum Gasteiger partial charge on any atom is -0.490 e. The third-order valence-electron chi connectivity index (χ3n) is 3.43. The van der Waals surface area contributed by atoms with Gasteiger partial charge in [0, 0.05) is 18.2 Å². The van der Waals surface area contributed by atoms with Crippen molar-refractivity contribution in [3.63, 3.8) is 0 Å². The topological polar surface area (TPSA) is 42.4 Å². The second-order valence-corrected chi connectivity index (χ2v) is 5.12. The van der Waals surface area contributed by atoms with E-state index in [9.17, 15) is 4.79 Å². The van der Waals surface area contributed by atoms with Crippen molar-refractivity contribution in [1.82, 2.24) is 4.98 Å². The lowest BCUT2D eigenvalue weighted by atomic mass is 10.1. The van der Waals surface area contributed by atoms with Crippen molar-refractivity contribution in [1.29, 1.82) is 0 Å². The van der Waals surface area contributed by atoms with Crippen molar-refractivity contribution >= 4 is 11.6 Å². The Kier molecular flexibility index (Phi) is 3.80. The number of aromatic nitrogens is 1. The van der Waals surface area contributed by atoms with Gasteiger partial charge >= 0.3 is 0 Å². The van der Waals surface area contributed by atoms with Gasteiger partial charge in [0.1, 0.15) is 18.1 Å². The van der Waals surface area contributed by atoms with Crippen LogP contribution in [0.15, 0.2) is 36.4 Å². The molecule has 1 aliphatic heterocycles. The number of rotatable bonds is 0. The predicted octanol–water partition coefficient (Wildman–Crippen LogP) is 2.54. The molecular weight excluding hydrogens is 276 g/mol. The van der Waals surface area contributed by atoms with Crippen LogP contribution in [0.4, 0.5) is 5.69 Å². The van der Waals surface area contributed by atoms with Crippen LogP contribution in [0.1, 0.15) is 23.9 Å². The quantitative estimate of drug-likeness (QED) is 0.701. The Balaban J connectivity index is 1.94. The maximum absolute atomic E-state index is 11.7. The van der Waals surface area contributed by atoms with Gasteiger partial charge in [0.25, 0.3) is 0 Å². The smallest absolute Gasteiger partial charge is 0.224 e. The number of amides is 1. The first kappa shape index (κ1) is 14.2. The zero-order chi connectivity index (χ0) is 15.5. The molecule has 1 aromatic heterocycles. The van der Waals surface area contributed by atoms with Crippen molar-refractivity contribution in [2.75, 3.05) is 18.1 Å². The molecule has 1 amide bonds. The van der Waals surface area contributed by atoms with Gasteiger partial charge in [-0.25, -0.2) is 4.98 Å². The van der Waals surface area contributed by atoms with Gasteiger partial charge in [-0.1, -0.05) is 12.0 Å². The number of pyridine rings is 1. The number of carbonyl (C=O) groups is 1. The molecule has 0 radical (unpaired) electrons. The van der Waals surface area contributed by atoms with E-state index < -0.39 is 0 Å². The standard InChI is InChI=1S/C18H16N2O2/c1-13-4-3-5-16(19-13)8-6-15-7-9-18-17(12-15)20(14(2)21)10-11-22-18/h3-5,7,9,12H,10-11H2,1-2H3. The average molecular weight is 292 g/mol. The number of hydrogen-bond acceptors (Lipinski definition) is 3. The largest absolute Gasteiger partial charge is 0.490 e. The van der Waals surface area contributed by atoms with Gasteiger partial charge in [0.15, 0.2) is 0 Å². The molecule has 0 fully saturated rings. The highest BCUT2D eigenvalue weighted by Gasteiger charge is 2.21. The van der Waals surface area contributed by atoms with Crippen molar-refractivity contribution in [3.8, 4) is 17.6 Å². The Hall–Kier alpha value is -2.80. The van der Waals surface area contributed by atoms with Crippen molar-refractivity contribution in [3.05, 3.63) is 53.3 Å². The van der Waals surface area contributed by atoms with Gasteiger partial charge in [-0.05, 0) is 43.2 Å². The molecule has 1 aromatic carbocycles. The summed E-state index contributed by atoms with van der Waals surface area (Å²) in [5, 5.41) is 0. The Morgan fingerprint density at radius 2 is 2.14 bits per heavy atom. The Morgan fingerprint density at radius 3 is 2.91 bits per heavy atom. The number of nitrogens with zero attached hydrogens (tertiary/aromatic N) is 2. The fourth-order valence-corrected chi connectivity index (χ4v) is 2.37. The van der Waals surface area contributed by atoms with Gasteiger partial charge in [-0.2, -0.15) is 0 Å². The second-order valence-electron chi connectivity index (χ2n) is 5.12. The lowest BCUT2D eigenvalue weighted by molar-refractivity contribution is -0.116. The number of ether oxygens (including phenoxy) is 1. The zero-order valence-corrected chi connectivity index (χ0v) is 12.6. The molecule has 0 atom stereocenters. The first-order valence-electron chi connectivity index (χ1n) is 7.14. The van der Waals surface area contributed by atoms with Crippen LogP contribution in [0.3, 0.4) is 0 Å². The van der Waals surface area contributed by atoms with Crippen LogP contribution in [0.25, 0.3) is 0 Å². The molecule has 2 heterocycles. The Labute approximate surface area is 129 Å². The second kappa shape index (κ2) is 5.90. The summed E-state index contributed by atoms with van der Waals surface area (Å²) < 4.78 is 5.58. The molecule has 0 N–H and O–H groups in total. The molecule has 0 bridgehead atoms. The number of hydrogen-bond donors (Lipinski definition) is 0. The summed E-state index contributed by atoms with van der Waals surface area (Å²) >= 11 is 0. The first-order valence-corrected chi connectivity index (χ1v) is 7.14. The number of aryl methyl sites for hydroxylation is 1. The summed E-state index contributed by atoms with van der Waals surface area (Å²) in [6.45, 7) is 4.58. The van der Waals surface area contributed by atoms with E-state index in [1.54, 1.807) is 11.8 Å². The summed E-state index contributed by atoms with van der Waals surface area (Å²) in [5.74, 6) is 6.87. The van der Waals surface area contributed by atoms with E-state index in [0.29, 0.717) is 13.2 Å². The zero-order valence-electron chi connectivity index (χ0n) is 12.6. The van der Waals surface area contributed by atoms with Crippen molar-refractivity contribution in [2.45, 2.75) is 13.8 Å². The molecule has 22 heavy (non-hydrogen) atoms. The molecule has 0 unspecified atom stereocenters. The highest BCUT2D eigenvalue weighted by atomic mass is 16.5. The minimum atomic E-state index is 0.00927. The van der Waals surface area contributed by atoms with E-state index in [0.717, 1.165) is 28.4 Å². The molecule has 0 saturated carbocycles. The summed E-state index contributed by atoms with van der Waals surface area (Å²) in [5.41, 5.74) is 3.28. The van der Waals surface area contributed by atoms with Crippen LogP contribution in [-0.4, -0.2) is 24.0 Å². The van der Waals surface area contributed by atoms with Crippen LogP contribution in [0.5, 0.6) is 5.75 Å². The lowest BCUT2D eigenvalue weighted by Gasteiger charge is -2.28. The highest BCUT2D eigenvalue weighted by molar-refractivity contribution is 5.93. The molecule has 2 aromatic rings. The minimum absolute atomic E-state index is 0.00927. The summed E-state index contributed by atoms with van der Waals surface area (Å²) in [7, 11) is 0. The normalized spacial score (nSPS) is 12.7. The van der Waals surface area contributed by atoms with E-state index in [4.69, 9.17) is 4.74 Å². The molecule has 0 spiro atoms. The van der Waals surface area contributed by atoms with E-state index in [1.165, 1.54) is 0 Å². The monoisotopic (exact) mass is 292 g/mol. The maximum Gasteiger partial charge on any atom is 0.224 e. The molecule has 3 rings (SSSR count). The number of carbonyl (C=O) groups excluding carboxylic acids is 1. The third kappa shape index (κ3) is 2.94. The molecular formula is C18H16N2O2. The van der Waals surface area contributed by atoms with Gasteiger partial charge in [-0.15, -0.1) is 0 Å². The molecule has 4 heteroatoms. The van der Waals surface area contributed by atoms with Gasteiger partial charge in [-0.3, -0.25) is 4.79 Å². The fraction of sp³-hybridized carbons (Fsp3) is 0.222. The molecule has 0 saturated heterocycles. The fourth-order valence-electron chi connectivity index (χ4n) is 2.37. The summed E-state index contributed by atoms with van der Waals surface area (Å²) in [6.07, 6.45) is 0. The van der Waals surface area contributed by atoms with Gasteiger partial charge in [0.05, 0.1) is 12.2 Å². The van der Waals surface area contributed by atoms with E-state index in [-0.39, 0.29) is 5.91 Å². The van der Waals surface area contributed by atoms with Crippen molar-refractivity contribution in [2.24, 2.45) is 0 Å². The highest BCUT2D eigenvalue weighted by Crippen LogP contribution is 2.32. The van der Waals surface area contributed by atoms with Crippen LogP contribution in [0, 0.1) is 18.8 Å². The lowest BCUT2D eigenvalue weighted by Crippen LogP contribution is -2.36. The van der Waals surface area contributed by atoms with Crippen molar-refractivity contribution < 1.29 is 9.53 Å². The van der Waals surface area contributed by atoms with E-state index >= 15 is 0 Å². The molecule has 4 nitrogen and oxygen atoms in total. The van der Waals surface area contributed by atoms with Gasteiger partial charge in [0.2, 0.25) is 5.91 Å². The van der Waals surface area contributed by atoms with E-state index in [1.807, 2.05) is 43.3 Å². The number of anilines is 1. The molecule has 0 aliphatic carbocycles. The van der Waals surface area contributed by atoms with Gasteiger partial charge < -0.3 is 9.64 Å². The van der Waals surface area contributed by atoms with E-state index in [2.05, 4.69) is 16.8 Å². The first-order chi connectivity index (χ1) is 10.6. The van der Waals surface area contributed by atoms with Crippen LogP contribution >= 0.6 is 0 Å². The Bertz CT molecular complexity index is 787. The SMILES string of the molecule is CC(=O)N1CCOc2ccc(C#Cc3cccc(C)n3)cc21. The predicted molar refractivity (Wildman–Crippen MR) is 84.9 cm³/mol. The number of benzene rings is 1. The summed E-state index contributed by atoms with van der Waals surface area (Å²) in [6, 6.07) is 11.4. The maximum atomic E-state index is 11.7. The van der Waals surface area contributed by atoms with Crippen LogP contribution in [-0.2, 0) is 4.79 Å². The number of fused-ring (bicyclic) bond motifs is 1.